The third kappa shape index (κ3) is 5.31. The number of hydrogen-bond donors (Lipinski definition) is 2. The molecule has 1 aromatic heterocycles. The van der Waals surface area contributed by atoms with E-state index in [0.29, 0.717) is 17.9 Å². The van der Waals surface area contributed by atoms with E-state index in [4.69, 9.17) is 4.74 Å². The monoisotopic (exact) mass is 341 g/mol. The highest BCUT2D eigenvalue weighted by Gasteiger charge is 2.11. The van der Waals surface area contributed by atoms with Gasteiger partial charge in [0, 0.05) is 23.6 Å². The summed E-state index contributed by atoms with van der Waals surface area (Å²) in [5.74, 6) is -0.544. The largest absolute Gasteiger partial charge is 0.462 e. The molecule has 1 unspecified atom stereocenters. The van der Waals surface area contributed by atoms with Crippen molar-refractivity contribution < 1.29 is 14.3 Å². The first-order valence-electron chi connectivity index (χ1n) is 8.34. The maximum atomic E-state index is 12.1. The molecular formula is C19H23N3O3. The van der Waals surface area contributed by atoms with Crippen LogP contribution < -0.4 is 10.6 Å². The van der Waals surface area contributed by atoms with Crippen LogP contribution in [0.4, 0.5) is 11.4 Å². The standard InChI is InChI=1S/C19H23N3O3/c1-4-13(3)21-18(23)17-12-16(10-11-20-17)22-15-8-6-14(7-9-15)19(24)25-5-2/h6-13H,4-5H2,1-3H3,(H,20,22)(H,21,23). The molecule has 132 valence electrons. The summed E-state index contributed by atoms with van der Waals surface area (Å²) in [6, 6.07) is 10.5. The molecule has 6 heteroatoms. The normalized spacial score (nSPS) is 11.5. The van der Waals surface area contributed by atoms with Gasteiger partial charge >= 0.3 is 5.97 Å². The van der Waals surface area contributed by atoms with Gasteiger partial charge in [0.2, 0.25) is 0 Å². The van der Waals surface area contributed by atoms with Crippen molar-refractivity contribution in [3.05, 3.63) is 53.9 Å². The van der Waals surface area contributed by atoms with Crippen molar-refractivity contribution >= 4 is 23.3 Å². The molecule has 1 atom stereocenters. The van der Waals surface area contributed by atoms with Crippen LogP contribution in [0.25, 0.3) is 0 Å². The van der Waals surface area contributed by atoms with E-state index < -0.39 is 0 Å². The molecule has 0 aliphatic rings. The Bertz CT molecular complexity index is 729. The van der Waals surface area contributed by atoms with Crippen LogP contribution in [0.1, 0.15) is 48.0 Å². The maximum Gasteiger partial charge on any atom is 0.338 e. The van der Waals surface area contributed by atoms with Gasteiger partial charge in [-0.3, -0.25) is 9.78 Å². The Morgan fingerprint density at radius 2 is 1.84 bits per heavy atom. The van der Waals surface area contributed by atoms with Crippen molar-refractivity contribution in [2.45, 2.75) is 33.2 Å². The lowest BCUT2D eigenvalue weighted by atomic mass is 10.2. The van der Waals surface area contributed by atoms with Crippen LogP contribution in [0.3, 0.4) is 0 Å². The topological polar surface area (TPSA) is 80.3 Å². The number of hydrogen-bond acceptors (Lipinski definition) is 5. The van der Waals surface area contributed by atoms with Gasteiger partial charge in [0.15, 0.2) is 0 Å². The van der Waals surface area contributed by atoms with Gasteiger partial charge in [-0.25, -0.2) is 4.79 Å². The number of carbonyl (C=O) groups is 2. The number of nitrogens with zero attached hydrogens (tertiary/aromatic N) is 1. The summed E-state index contributed by atoms with van der Waals surface area (Å²) in [5.41, 5.74) is 2.39. The Morgan fingerprint density at radius 1 is 1.12 bits per heavy atom. The summed E-state index contributed by atoms with van der Waals surface area (Å²) < 4.78 is 4.96. The second kappa shape index (κ2) is 8.82. The predicted octanol–water partition coefficient (Wildman–Crippen LogP) is 3.53. The molecule has 1 aromatic carbocycles. The van der Waals surface area contributed by atoms with Gasteiger partial charge in [-0.2, -0.15) is 0 Å². The first kappa shape index (κ1) is 18.4. The van der Waals surface area contributed by atoms with Gasteiger partial charge in [-0.15, -0.1) is 0 Å². The van der Waals surface area contributed by atoms with Crippen LogP contribution in [0.2, 0.25) is 0 Å². The maximum absolute atomic E-state index is 12.1. The molecule has 1 heterocycles. The van der Waals surface area contributed by atoms with E-state index in [2.05, 4.69) is 15.6 Å². The zero-order valence-corrected chi connectivity index (χ0v) is 14.7. The molecule has 6 nitrogen and oxygen atoms in total. The number of esters is 1. The van der Waals surface area contributed by atoms with Crippen molar-refractivity contribution in [2.24, 2.45) is 0 Å². The van der Waals surface area contributed by atoms with E-state index in [1.807, 2.05) is 13.8 Å². The summed E-state index contributed by atoms with van der Waals surface area (Å²) in [4.78, 5) is 27.9. The highest BCUT2D eigenvalue weighted by molar-refractivity contribution is 5.93. The highest BCUT2D eigenvalue weighted by Crippen LogP contribution is 2.18. The molecule has 2 N–H and O–H groups in total. The van der Waals surface area contributed by atoms with Crippen LogP contribution in [0.5, 0.6) is 0 Å². The number of carbonyl (C=O) groups excluding carboxylic acids is 2. The molecule has 25 heavy (non-hydrogen) atoms. The summed E-state index contributed by atoms with van der Waals surface area (Å²) >= 11 is 0. The van der Waals surface area contributed by atoms with Crippen LogP contribution in [0.15, 0.2) is 42.6 Å². The Hall–Kier alpha value is -2.89. The summed E-state index contributed by atoms with van der Waals surface area (Å²) in [7, 11) is 0. The van der Waals surface area contributed by atoms with Gasteiger partial charge in [-0.1, -0.05) is 6.92 Å². The first-order chi connectivity index (χ1) is 12.0. The molecule has 0 saturated carbocycles. The summed E-state index contributed by atoms with van der Waals surface area (Å²) in [6.45, 7) is 6.07. The number of rotatable bonds is 7. The van der Waals surface area contributed by atoms with Crippen LogP contribution in [0, 0.1) is 0 Å². The lowest BCUT2D eigenvalue weighted by Crippen LogP contribution is -2.32. The van der Waals surface area contributed by atoms with Gasteiger partial charge in [0.25, 0.3) is 5.91 Å². The highest BCUT2D eigenvalue weighted by atomic mass is 16.5. The number of nitrogens with one attached hydrogen (secondary N) is 2. The number of aromatic nitrogens is 1. The molecule has 0 fully saturated rings. The van der Waals surface area contributed by atoms with Crippen molar-refractivity contribution in [3.63, 3.8) is 0 Å². The molecule has 1 amide bonds. The Balaban J connectivity index is 2.06. The average molecular weight is 341 g/mol. The predicted molar refractivity (Wildman–Crippen MR) is 97.1 cm³/mol. The zero-order chi connectivity index (χ0) is 18.2. The minimum atomic E-state index is -0.345. The molecule has 0 saturated heterocycles. The molecule has 0 radical (unpaired) electrons. The minimum absolute atomic E-state index is 0.0985. The van der Waals surface area contributed by atoms with Crippen LogP contribution in [-0.4, -0.2) is 29.5 Å². The van der Waals surface area contributed by atoms with Crippen molar-refractivity contribution in [2.75, 3.05) is 11.9 Å². The number of benzene rings is 1. The van der Waals surface area contributed by atoms with E-state index >= 15 is 0 Å². The fourth-order valence-corrected chi connectivity index (χ4v) is 2.10. The number of anilines is 2. The van der Waals surface area contributed by atoms with E-state index in [0.717, 1.165) is 17.8 Å². The Labute approximate surface area is 147 Å². The van der Waals surface area contributed by atoms with Gasteiger partial charge in [0.05, 0.1) is 12.2 Å². The number of ether oxygens (including phenoxy) is 1. The molecule has 2 rings (SSSR count). The van der Waals surface area contributed by atoms with Gasteiger partial charge in [-0.05, 0) is 56.7 Å². The number of pyridine rings is 1. The van der Waals surface area contributed by atoms with E-state index in [9.17, 15) is 9.59 Å². The smallest absolute Gasteiger partial charge is 0.338 e. The van der Waals surface area contributed by atoms with E-state index in [1.165, 1.54) is 0 Å². The van der Waals surface area contributed by atoms with Crippen LogP contribution in [-0.2, 0) is 4.74 Å². The van der Waals surface area contributed by atoms with Gasteiger partial charge < -0.3 is 15.4 Å². The molecule has 0 spiro atoms. The van der Waals surface area contributed by atoms with Crippen molar-refractivity contribution in [1.29, 1.82) is 0 Å². The summed E-state index contributed by atoms with van der Waals surface area (Å²) in [5, 5.41) is 6.08. The SMILES string of the molecule is CCOC(=O)c1ccc(Nc2ccnc(C(=O)NC(C)CC)c2)cc1. The quantitative estimate of drug-likeness (QED) is 0.753. The second-order valence-electron chi connectivity index (χ2n) is 5.64. The zero-order valence-electron chi connectivity index (χ0n) is 14.7. The summed E-state index contributed by atoms with van der Waals surface area (Å²) in [6.07, 6.45) is 2.44. The van der Waals surface area contributed by atoms with Crippen LogP contribution >= 0.6 is 0 Å². The molecule has 0 bridgehead atoms. The fraction of sp³-hybridized carbons (Fsp3) is 0.316. The lowest BCUT2D eigenvalue weighted by Gasteiger charge is -2.12. The lowest BCUT2D eigenvalue weighted by molar-refractivity contribution is 0.0526. The third-order valence-electron chi connectivity index (χ3n) is 3.67. The molecule has 2 aromatic rings. The molecule has 0 aliphatic heterocycles. The molecular weight excluding hydrogens is 318 g/mol. The third-order valence-corrected chi connectivity index (χ3v) is 3.67. The van der Waals surface area contributed by atoms with E-state index in [-0.39, 0.29) is 17.9 Å². The Kier molecular flexibility index (Phi) is 6.51. The Morgan fingerprint density at radius 3 is 2.48 bits per heavy atom. The minimum Gasteiger partial charge on any atom is -0.462 e. The average Bonchev–Trinajstić information content (AvgIpc) is 2.62. The fourth-order valence-electron chi connectivity index (χ4n) is 2.10. The van der Waals surface area contributed by atoms with E-state index in [1.54, 1.807) is 49.5 Å². The van der Waals surface area contributed by atoms with Crippen molar-refractivity contribution in [3.8, 4) is 0 Å². The second-order valence-corrected chi connectivity index (χ2v) is 5.64. The first-order valence-corrected chi connectivity index (χ1v) is 8.34. The number of amides is 1. The van der Waals surface area contributed by atoms with Crippen molar-refractivity contribution in [1.82, 2.24) is 10.3 Å². The van der Waals surface area contributed by atoms with Gasteiger partial charge in [0.1, 0.15) is 5.69 Å². The molecule has 0 aliphatic carbocycles.